The number of alkyl carbamates (subject to hydrolysis) is 2. The molecule has 0 radical (unpaired) electrons. The van der Waals surface area contributed by atoms with Crippen molar-refractivity contribution in [3.63, 3.8) is 0 Å². The summed E-state index contributed by atoms with van der Waals surface area (Å²) in [6, 6.07) is 25.8. The van der Waals surface area contributed by atoms with E-state index in [1.54, 1.807) is 72.8 Å². The summed E-state index contributed by atoms with van der Waals surface area (Å²) in [5.41, 5.74) is 2.25. The number of β-lactam (4-membered cyclic amide) rings is 1. The Morgan fingerprint density at radius 1 is 0.711 bits per heavy atom. The lowest BCUT2D eigenvalue weighted by atomic mass is 9.84. The minimum absolute atomic E-state index is 0.0141. The van der Waals surface area contributed by atoms with Crippen LogP contribution < -0.4 is 10.6 Å². The van der Waals surface area contributed by atoms with Crippen LogP contribution >= 0.6 is 11.6 Å². The molecule has 0 aliphatic carbocycles. The van der Waals surface area contributed by atoms with E-state index in [0.29, 0.717) is 4.90 Å². The minimum atomic E-state index is -1.17. The number of benzene rings is 3. The number of esters is 1. The highest BCUT2D eigenvalue weighted by Crippen LogP contribution is 2.33. The molecule has 2 atom stereocenters. The molecule has 4 rings (SSSR count). The smallest absolute Gasteiger partial charge is 0.414 e. The Balaban J connectivity index is 1.34. The van der Waals surface area contributed by atoms with Gasteiger partial charge < -0.3 is 14.2 Å². The largest absolute Gasteiger partial charge is 0.459 e. The SMILES string of the molecule is O=C(NC(=NCCC[C@H]1C(=O)N(C(=O)Cl)[C@@H]1C(=O)OCc1ccccc1)NC(=O)OCc1ccccc1)OCc1ccccc1. The second-order valence-corrected chi connectivity index (χ2v) is 10.2. The van der Waals surface area contributed by atoms with Crippen LogP contribution in [0.3, 0.4) is 0 Å². The number of hydrogen-bond acceptors (Lipinski definition) is 9. The molecule has 3 aromatic rings. The van der Waals surface area contributed by atoms with Crippen molar-refractivity contribution < 1.29 is 38.2 Å². The molecule has 0 unspecified atom stereocenters. The quantitative estimate of drug-likeness (QED) is 0.0441. The van der Waals surface area contributed by atoms with Gasteiger partial charge in [-0.25, -0.2) is 14.4 Å². The number of ether oxygens (including phenoxy) is 3. The molecule has 13 heteroatoms. The molecule has 1 aliphatic rings. The van der Waals surface area contributed by atoms with E-state index in [1.165, 1.54) is 0 Å². The van der Waals surface area contributed by atoms with Crippen LogP contribution in [0.15, 0.2) is 96.0 Å². The van der Waals surface area contributed by atoms with Gasteiger partial charge in [-0.2, -0.15) is 0 Å². The number of hydrogen-bond donors (Lipinski definition) is 2. The van der Waals surface area contributed by atoms with Crippen LogP contribution in [0.25, 0.3) is 0 Å². The third-order valence-corrected chi connectivity index (χ3v) is 6.86. The number of nitrogens with zero attached hydrogens (tertiary/aromatic N) is 2. The van der Waals surface area contributed by atoms with Crippen LogP contribution in [0, 0.1) is 5.92 Å². The van der Waals surface area contributed by atoms with E-state index in [-0.39, 0.29) is 45.2 Å². The maximum absolute atomic E-state index is 12.8. The maximum atomic E-state index is 12.8. The van der Waals surface area contributed by atoms with E-state index in [0.717, 1.165) is 16.7 Å². The van der Waals surface area contributed by atoms with E-state index >= 15 is 0 Å². The molecule has 0 bridgehead atoms. The number of nitrogens with one attached hydrogen (secondary N) is 2. The number of amides is 4. The molecular weight excluding hydrogens is 604 g/mol. The zero-order valence-corrected chi connectivity index (χ0v) is 24.9. The topological polar surface area (TPSA) is 153 Å². The first kappa shape index (κ1) is 32.7. The van der Waals surface area contributed by atoms with E-state index in [2.05, 4.69) is 15.6 Å². The molecule has 45 heavy (non-hydrogen) atoms. The zero-order valence-electron chi connectivity index (χ0n) is 24.1. The van der Waals surface area contributed by atoms with Crippen LogP contribution in [-0.4, -0.2) is 52.9 Å². The van der Waals surface area contributed by atoms with Crippen molar-refractivity contribution >= 4 is 47.0 Å². The average molecular weight is 635 g/mol. The fourth-order valence-electron chi connectivity index (χ4n) is 4.43. The third kappa shape index (κ3) is 9.90. The first-order valence-electron chi connectivity index (χ1n) is 14.0. The Hall–Kier alpha value is -5.23. The number of imide groups is 1. The summed E-state index contributed by atoms with van der Waals surface area (Å²) < 4.78 is 15.8. The van der Waals surface area contributed by atoms with E-state index < -0.39 is 41.4 Å². The summed E-state index contributed by atoms with van der Waals surface area (Å²) in [5.74, 6) is -2.46. The van der Waals surface area contributed by atoms with Gasteiger partial charge in [-0.3, -0.25) is 30.1 Å². The van der Waals surface area contributed by atoms with Gasteiger partial charge in [-0.15, -0.1) is 0 Å². The normalized spacial score (nSPS) is 15.2. The van der Waals surface area contributed by atoms with Gasteiger partial charge in [0.25, 0.3) is 0 Å². The van der Waals surface area contributed by atoms with Gasteiger partial charge >= 0.3 is 23.5 Å². The molecule has 0 aromatic heterocycles. The van der Waals surface area contributed by atoms with Gasteiger partial charge in [0.05, 0.1) is 5.92 Å². The lowest BCUT2D eigenvalue weighted by Crippen LogP contribution is -2.65. The van der Waals surface area contributed by atoms with E-state index in [4.69, 9.17) is 25.8 Å². The van der Waals surface area contributed by atoms with Gasteiger partial charge in [0.1, 0.15) is 25.9 Å². The minimum Gasteiger partial charge on any atom is -0.459 e. The number of likely N-dealkylation sites (tertiary alicyclic amines) is 1. The summed E-state index contributed by atoms with van der Waals surface area (Å²) >= 11 is 5.56. The number of guanidine groups is 1. The molecular formula is C32H31ClN4O8. The van der Waals surface area contributed by atoms with Crippen LogP contribution in [-0.2, 0) is 43.6 Å². The number of halogens is 1. The van der Waals surface area contributed by atoms with Crippen LogP contribution in [0.5, 0.6) is 0 Å². The molecule has 3 aromatic carbocycles. The molecule has 12 nitrogen and oxygen atoms in total. The lowest BCUT2D eigenvalue weighted by molar-refractivity contribution is -0.170. The fourth-order valence-corrected chi connectivity index (χ4v) is 4.62. The van der Waals surface area contributed by atoms with Crippen LogP contribution in [0.4, 0.5) is 14.4 Å². The number of carbonyl (C=O) groups is 5. The number of carbonyl (C=O) groups excluding carboxylic acids is 5. The second kappa shape index (κ2) is 16.6. The Morgan fingerprint density at radius 2 is 1.16 bits per heavy atom. The predicted octanol–water partition coefficient (Wildman–Crippen LogP) is 4.90. The Morgan fingerprint density at radius 3 is 1.60 bits per heavy atom. The summed E-state index contributed by atoms with van der Waals surface area (Å²) in [6.07, 6.45) is -1.34. The van der Waals surface area contributed by atoms with Gasteiger partial charge in [-0.05, 0) is 41.1 Å². The Bertz CT molecular complexity index is 1450. The first-order chi connectivity index (χ1) is 21.8. The van der Waals surface area contributed by atoms with E-state index in [1.807, 2.05) is 18.2 Å². The highest BCUT2D eigenvalue weighted by Gasteiger charge is 2.54. The molecule has 2 N–H and O–H groups in total. The monoisotopic (exact) mass is 634 g/mol. The highest BCUT2D eigenvalue weighted by molar-refractivity contribution is 6.64. The summed E-state index contributed by atoms with van der Waals surface area (Å²) in [6.45, 7) is -0.0374. The molecule has 1 heterocycles. The van der Waals surface area contributed by atoms with Crippen molar-refractivity contribution in [2.24, 2.45) is 10.9 Å². The molecule has 1 saturated heterocycles. The highest BCUT2D eigenvalue weighted by atomic mass is 35.5. The maximum Gasteiger partial charge on any atom is 0.414 e. The third-order valence-electron chi connectivity index (χ3n) is 6.68. The number of aliphatic imine (C=N–C) groups is 1. The zero-order chi connectivity index (χ0) is 32.0. The fraction of sp³-hybridized carbons (Fsp3) is 0.250. The molecule has 0 spiro atoms. The van der Waals surface area contributed by atoms with Gasteiger partial charge in [-0.1, -0.05) is 91.0 Å². The summed E-state index contributed by atoms with van der Waals surface area (Å²) in [7, 11) is 0. The van der Waals surface area contributed by atoms with Crippen molar-refractivity contribution in [1.82, 2.24) is 15.5 Å². The van der Waals surface area contributed by atoms with Gasteiger partial charge in [0, 0.05) is 6.54 Å². The molecule has 1 aliphatic heterocycles. The van der Waals surface area contributed by atoms with Crippen molar-refractivity contribution in [3.8, 4) is 0 Å². The van der Waals surface area contributed by atoms with Gasteiger partial charge in [0.2, 0.25) is 11.9 Å². The second-order valence-electron chi connectivity index (χ2n) is 9.85. The van der Waals surface area contributed by atoms with Crippen molar-refractivity contribution in [1.29, 1.82) is 0 Å². The molecule has 4 amide bonds. The predicted molar refractivity (Wildman–Crippen MR) is 163 cm³/mol. The standard InChI is InChI=1S/C32H31ClN4O8/c33-29(40)37-26(28(39)43-19-22-11-4-1-5-12-22)25(27(37)38)17-10-18-34-30(35-31(41)44-20-23-13-6-2-7-14-23)36-32(42)45-21-24-15-8-3-9-16-24/h1-9,11-16,25-26H,10,17-21H2,(H2,34,35,36,41,42)/t25-,26+/m1/s1. The Labute approximate surface area is 264 Å². The van der Waals surface area contributed by atoms with E-state index in [9.17, 15) is 24.0 Å². The molecule has 0 saturated carbocycles. The Kier molecular flexibility index (Phi) is 12.0. The molecule has 234 valence electrons. The van der Waals surface area contributed by atoms with Gasteiger partial charge in [0.15, 0.2) is 0 Å². The summed E-state index contributed by atoms with van der Waals surface area (Å²) in [4.78, 5) is 67.1. The van der Waals surface area contributed by atoms with Crippen LogP contribution in [0.2, 0.25) is 0 Å². The lowest BCUT2D eigenvalue weighted by Gasteiger charge is -2.42. The van der Waals surface area contributed by atoms with Crippen molar-refractivity contribution in [2.75, 3.05) is 6.54 Å². The molecule has 1 fully saturated rings. The van der Waals surface area contributed by atoms with Crippen LogP contribution in [0.1, 0.15) is 29.5 Å². The first-order valence-corrected chi connectivity index (χ1v) is 14.4. The van der Waals surface area contributed by atoms with Crippen molar-refractivity contribution in [2.45, 2.75) is 38.7 Å². The van der Waals surface area contributed by atoms with Crippen molar-refractivity contribution in [3.05, 3.63) is 108 Å². The average Bonchev–Trinajstić information content (AvgIpc) is 3.05. The summed E-state index contributed by atoms with van der Waals surface area (Å²) in [5, 5.41) is 3.70. The number of rotatable bonds is 11.